The predicted molar refractivity (Wildman–Crippen MR) is 62.4 cm³/mol. The standard InChI is InChI=1S/C12H23NO3/c1-11(2,10(14)15)8-13-9-12(4-5-12)6-7-16-3/h13H,4-9H2,1-3H3,(H,14,15). The van der Waals surface area contributed by atoms with Crippen molar-refractivity contribution in [2.24, 2.45) is 10.8 Å². The van der Waals surface area contributed by atoms with E-state index in [1.54, 1.807) is 21.0 Å². The molecule has 0 aromatic heterocycles. The van der Waals surface area contributed by atoms with Crippen molar-refractivity contribution in [2.45, 2.75) is 33.1 Å². The van der Waals surface area contributed by atoms with Gasteiger partial charge in [0, 0.05) is 26.8 Å². The molecule has 2 N–H and O–H groups in total. The zero-order valence-electron chi connectivity index (χ0n) is 10.5. The average molecular weight is 229 g/mol. The van der Waals surface area contributed by atoms with Crippen molar-refractivity contribution in [1.29, 1.82) is 0 Å². The maximum absolute atomic E-state index is 10.9. The Morgan fingerprint density at radius 1 is 1.50 bits per heavy atom. The van der Waals surface area contributed by atoms with E-state index in [1.165, 1.54) is 12.8 Å². The monoisotopic (exact) mass is 229 g/mol. The van der Waals surface area contributed by atoms with Crippen LogP contribution in [0, 0.1) is 10.8 Å². The van der Waals surface area contributed by atoms with Crippen molar-refractivity contribution in [3.63, 3.8) is 0 Å². The van der Waals surface area contributed by atoms with Gasteiger partial charge in [-0.1, -0.05) is 0 Å². The molecule has 1 fully saturated rings. The molecular formula is C12H23NO3. The highest BCUT2D eigenvalue weighted by Crippen LogP contribution is 2.48. The number of aliphatic carboxylic acids is 1. The van der Waals surface area contributed by atoms with E-state index in [2.05, 4.69) is 5.32 Å². The third kappa shape index (κ3) is 3.76. The number of hydrogen-bond donors (Lipinski definition) is 2. The van der Waals surface area contributed by atoms with Crippen molar-refractivity contribution in [3.8, 4) is 0 Å². The van der Waals surface area contributed by atoms with Crippen LogP contribution in [0.1, 0.15) is 33.1 Å². The number of methoxy groups -OCH3 is 1. The van der Waals surface area contributed by atoms with Crippen molar-refractivity contribution < 1.29 is 14.6 Å². The van der Waals surface area contributed by atoms with Gasteiger partial charge in [-0.2, -0.15) is 0 Å². The molecule has 0 unspecified atom stereocenters. The second-order valence-corrected chi connectivity index (χ2v) is 5.54. The Bertz CT molecular complexity index is 247. The summed E-state index contributed by atoms with van der Waals surface area (Å²) in [5, 5.41) is 12.3. The van der Waals surface area contributed by atoms with Crippen LogP contribution in [0.4, 0.5) is 0 Å². The summed E-state index contributed by atoms with van der Waals surface area (Å²) < 4.78 is 5.08. The van der Waals surface area contributed by atoms with Crippen molar-refractivity contribution in [1.82, 2.24) is 5.32 Å². The van der Waals surface area contributed by atoms with Gasteiger partial charge >= 0.3 is 5.97 Å². The summed E-state index contributed by atoms with van der Waals surface area (Å²) >= 11 is 0. The summed E-state index contributed by atoms with van der Waals surface area (Å²) in [5.74, 6) is -0.748. The minimum Gasteiger partial charge on any atom is -0.481 e. The number of carboxylic acids is 1. The van der Waals surface area contributed by atoms with E-state index < -0.39 is 11.4 Å². The molecule has 1 rings (SSSR count). The third-order valence-electron chi connectivity index (χ3n) is 3.44. The molecule has 4 heteroatoms. The lowest BCUT2D eigenvalue weighted by Crippen LogP contribution is -2.38. The van der Waals surface area contributed by atoms with Crippen LogP contribution in [0.15, 0.2) is 0 Å². The third-order valence-corrected chi connectivity index (χ3v) is 3.44. The maximum Gasteiger partial charge on any atom is 0.310 e. The first-order valence-electron chi connectivity index (χ1n) is 5.85. The second-order valence-electron chi connectivity index (χ2n) is 5.54. The van der Waals surface area contributed by atoms with Crippen molar-refractivity contribution in [2.75, 3.05) is 26.8 Å². The predicted octanol–water partition coefficient (Wildman–Crippen LogP) is 1.50. The lowest BCUT2D eigenvalue weighted by atomic mass is 9.93. The fraction of sp³-hybridized carbons (Fsp3) is 0.917. The van der Waals surface area contributed by atoms with Gasteiger partial charge in [-0.15, -0.1) is 0 Å². The van der Waals surface area contributed by atoms with Crippen LogP contribution < -0.4 is 5.32 Å². The van der Waals surface area contributed by atoms with Crippen LogP contribution in [-0.4, -0.2) is 37.9 Å². The summed E-state index contributed by atoms with van der Waals surface area (Å²) in [6.07, 6.45) is 3.54. The molecule has 0 amide bonds. The number of rotatable bonds is 8. The van der Waals surface area contributed by atoms with E-state index >= 15 is 0 Å². The SMILES string of the molecule is COCCC1(CNCC(C)(C)C(=O)O)CC1. The lowest BCUT2D eigenvalue weighted by Gasteiger charge is -2.22. The van der Waals surface area contributed by atoms with Crippen LogP contribution in [-0.2, 0) is 9.53 Å². The zero-order chi connectivity index (χ0) is 12.2. The second kappa shape index (κ2) is 5.15. The molecule has 1 aliphatic rings. The van der Waals surface area contributed by atoms with Gasteiger partial charge in [0.1, 0.15) is 0 Å². The Labute approximate surface area is 97.4 Å². The largest absolute Gasteiger partial charge is 0.481 e. The van der Waals surface area contributed by atoms with E-state index in [0.29, 0.717) is 12.0 Å². The Morgan fingerprint density at radius 2 is 2.12 bits per heavy atom. The molecular weight excluding hydrogens is 206 g/mol. The van der Waals surface area contributed by atoms with Gasteiger partial charge in [-0.25, -0.2) is 0 Å². The highest BCUT2D eigenvalue weighted by molar-refractivity contribution is 5.73. The van der Waals surface area contributed by atoms with E-state index in [0.717, 1.165) is 19.6 Å². The molecule has 1 saturated carbocycles. The summed E-state index contributed by atoms with van der Waals surface area (Å²) in [4.78, 5) is 10.9. The minimum atomic E-state index is -0.748. The van der Waals surface area contributed by atoms with Gasteiger partial charge in [0.2, 0.25) is 0 Å². The van der Waals surface area contributed by atoms with Crippen molar-refractivity contribution in [3.05, 3.63) is 0 Å². The zero-order valence-corrected chi connectivity index (χ0v) is 10.5. The summed E-state index contributed by atoms with van der Waals surface area (Å²) in [7, 11) is 1.72. The first-order valence-corrected chi connectivity index (χ1v) is 5.85. The summed E-state index contributed by atoms with van der Waals surface area (Å²) in [6, 6.07) is 0. The molecule has 0 bridgehead atoms. The molecule has 0 heterocycles. The number of carbonyl (C=O) groups is 1. The van der Waals surface area contributed by atoms with E-state index in [4.69, 9.17) is 9.84 Å². The van der Waals surface area contributed by atoms with Gasteiger partial charge in [-0.3, -0.25) is 4.79 Å². The van der Waals surface area contributed by atoms with E-state index in [-0.39, 0.29) is 0 Å². The van der Waals surface area contributed by atoms with Crippen LogP contribution in [0.2, 0.25) is 0 Å². The lowest BCUT2D eigenvalue weighted by molar-refractivity contribution is -0.146. The molecule has 0 aliphatic heterocycles. The van der Waals surface area contributed by atoms with E-state index in [9.17, 15) is 4.79 Å². The van der Waals surface area contributed by atoms with Gasteiger partial charge < -0.3 is 15.2 Å². The molecule has 0 spiro atoms. The Morgan fingerprint density at radius 3 is 2.56 bits per heavy atom. The topological polar surface area (TPSA) is 58.6 Å². The molecule has 0 saturated heterocycles. The van der Waals surface area contributed by atoms with Crippen LogP contribution >= 0.6 is 0 Å². The first-order chi connectivity index (χ1) is 7.42. The molecule has 0 radical (unpaired) electrons. The summed E-state index contributed by atoms with van der Waals surface area (Å²) in [6.45, 7) is 5.72. The molecule has 16 heavy (non-hydrogen) atoms. The highest BCUT2D eigenvalue weighted by Gasteiger charge is 2.42. The Hall–Kier alpha value is -0.610. The normalized spacial score (nSPS) is 18.4. The number of nitrogens with one attached hydrogen (secondary N) is 1. The van der Waals surface area contributed by atoms with Crippen LogP contribution in [0.25, 0.3) is 0 Å². The molecule has 94 valence electrons. The average Bonchev–Trinajstić information content (AvgIpc) is 2.95. The maximum atomic E-state index is 10.9. The van der Waals surface area contributed by atoms with Gasteiger partial charge in [0.25, 0.3) is 0 Å². The number of carboxylic acid groups (broad SMARTS) is 1. The number of ether oxygens (including phenoxy) is 1. The Kier molecular flexibility index (Phi) is 4.33. The van der Waals surface area contributed by atoms with Gasteiger partial charge in [-0.05, 0) is 38.5 Å². The van der Waals surface area contributed by atoms with Crippen LogP contribution in [0.3, 0.4) is 0 Å². The fourth-order valence-corrected chi connectivity index (χ4v) is 1.73. The summed E-state index contributed by atoms with van der Waals surface area (Å²) in [5.41, 5.74) is -0.304. The van der Waals surface area contributed by atoms with Crippen molar-refractivity contribution >= 4 is 5.97 Å². The number of hydrogen-bond acceptors (Lipinski definition) is 3. The smallest absolute Gasteiger partial charge is 0.310 e. The Balaban J connectivity index is 2.23. The minimum absolute atomic E-state index is 0.380. The fourth-order valence-electron chi connectivity index (χ4n) is 1.73. The molecule has 4 nitrogen and oxygen atoms in total. The van der Waals surface area contributed by atoms with Crippen LogP contribution in [0.5, 0.6) is 0 Å². The van der Waals surface area contributed by atoms with Gasteiger partial charge in [0.05, 0.1) is 5.41 Å². The quantitative estimate of drug-likeness (QED) is 0.662. The molecule has 0 atom stereocenters. The highest BCUT2D eigenvalue weighted by atomic mass is 16.5. The van der Waals surface area contributed by atoms with E-state index in [1.807, 2.05) is 0 Å². The molecule has 0 aromatic rings. The van der Waals surface area contributed by atoms with Gasteiger partial charge in [0.15, 0.2) is 0 Å². The first kappa shape index (κ1) is 13.5. The molecule has 1 aliphatic carbocycles. The molecule has 0 aromatic carbocycles.